The molecule has 2 nitrogen and oxygen atoms in total. The molecule has 0 bridgehead atoms. The van der Waals surface area contributed by atoms with E-state index >= 15 is 0 Å². The molecule has 0 aliphatic rings. The van der Waals surface area contributed by atoms with Crippen molar-refractivity contribution < 1.29 is 9.52 Å². The van der Waals surface area contributed by atoms with Crippen LogP contribution in [-0.2, 0) is 0 Å². The molecule has 0 saturated heterocycles. The summed E-state index contributed by atoms with van der Waals surface area (Å²) in [5, 5.41) is 11.2. The molecular weight excluding hydrogens is 292 g/mol. The monoisotopic (exact) mass is 302 g/mol. The molecule has 0 fully saturated rings. The molecule has 1 N–H and O–H groups in total. The zero-order valence-corrected chi connectivity index (χ0v) is 11.1. The van der Waals surface area contributed by atoms with Crippen molar-refractivity contribution in [2.75, 3.05) is 0 Å². The van der Waals surface area contributed by atoms with Crippen molar-refractivity contribution >= 4 is 26.9 Å². The van der Waals surface area contributed by atoms with E-state index in [0.717, 1.165) is 21.0 Å². The highest BCUT2D eigenvalue weighted by molar-refractivity contribution is 9.10. The van der Waals surface area contributed by atoms with Crippen LogP contribution in [0.3, 0.4) is 0 Å². The third-order valence-electron chi connectivity index (χ3n) is 2.88. The molecule has 2 aromatic carbocycles. The summed E-state index contributed by atoms with van der Waals surface area (Å²) in [6.45, 7) is 0. The van der Waals surface area contributed by atoms with Crippen molar-refractivity contribution in [1.29, 1.82) is 0 Å². The van der Waals surface area contributed by atoms with Gasteiger partial charge in [0.05, 0.1) is 0 Å². The van der Waals surface area contributed by atoms with Gasteiger partial charge in [0, 0.05) is 9.86 Å². The predicted molar refractivity (Wildman–Crippen MR) is 74.4 cm³/mol. The first kappa shape index (κ1) is 11.5. The lowest BCUT2D eigenvalue weighted by Gasteiger charge is -2.06. The molecule has 0 aliphatic carbocycles. The highest BCUT2D eigenvalue weighted by Crippen LogP contribution is 2.29. The molecule has 90 valence electrons. The van der Waals surface area contributed by atoms with Gasteiger partial charge < -0.3 is 9.52 Å². The van der Waals surface area contributed by atoms with Gasteiger partial charge in [-0.25, -0.2) is 0 Å². The van der Waals surface area contributed by atoms with Gasteiger partial charge in [-0.15, -0.1) is 0 Å². The number of halogens is 1. The van der Waals surface area contributed by atoms with Crippen LogP contribution in [0.25, 0.3) is 11.0 Å². The van der Waals surface area contributed by atoms with Gasteiger partial charge >= 0.3 is 0 Å². The molecular formula is C15H11BrO2. The van der Waals surface area contributed by atoms with E-state index in [1.54, 1.807) is 0 Å². The van der Waals surface area contributed by atoms with Gasteiger partial charge in [-0.05, 0) is 29.8 Å². The number of aliphatic hydroxyl groups excluding tert-OH is 1. The largest absolute Gasteiger partial charge is 0.458 e. The number of benzene rings is 2. The van der Waals surface area contributed by atoms with Crippen molar-refractivity contribution in [3.63, 3.8) is 0 Å². The van der Waals surface area contributed by atoms with E-state index in [-0.39, 0.29) is 0 Å². The van der Waals surface area contributed by atoms with E-state index in [4.69, 9.17) is 4.42 Å². The Morgan fingerprint density at radius 3 is 2.56 bits per heavy atom. The lowest BCUT2D eigenvalue weighted by atomic mass is 10.1. The average Bonchev–Trinajstić information content (AvgIpc) is 2.81. The molecule has 1 atom stereocenters. The SMILES string of the molecule is O[C@H](c1ccccc1)c1cc2cc(Br)ccc2o1. The lowest BCUT2D eigenvalue weighted by molar-refractivity contribution is 0.192. The molecule has 3 aromatic rings. The minimum atomic E-state index is -0.725. The average molecular weight is 303 g/mol. The highest BCUT2D eigenvalue weighted by atomic mass is 79.9. The Morgan fingerprint density at radius 1 is 1.00 bits per heavy atom. The molecule has 0 unspecified atom stereocenters. The summed E-state index contributed by atoms with van der Waals surface area (Å²) in [5.74, 6) is 0.564. The van der Waals surface area contributed by atoms with Crippen LogP contribution < -0.4 is 0 Å². The number of hydrogen-bond acceptors (Lipinski definition) is 2. The Kier molecular flexibility index (Phi) is 2.94. The Hall–Kier alpha value is -1.58. The topological polar surface area (TPSA) is 33.4 Å². The van der Waals surface area contributed by atoms with Crippen molar-refractivity contribution in [2.24, 2.45) is 0 Å². The van der Waals surface area contributed by atoms with Crippen LogP contribution in [0.5, 0.6) is 0 Å². The van der Waals surface area contributed by atoms with Crippen LogP contribution in [0.2, 0.25) is 0 Å². The lowest BCUT2D eigenvalue weighted by Crippen LogP contribution is -1.96. The fourth-order valence-corrected chi connectivity index (χ4v) is 2.35. The second kappa shape index (κ2) is 4.59. The minimum Gasteiger partial charge on any atom is -0.458 e. The predicted octanol–water partition coefficient (Wildman–Crippen LogP) is 4.28. The first-order valence-electron chi connectivity index (χ1n) is 5.66. The maximum Gasteiger partial charge on any atom is 0.138 e. The van der Waals surface area contributed by atoms with Crippen molar-refractivity contribution in [3.8, 4) is 0 Å². The molecule has 3 rings (SSSR count). The zero-order chi connectivity index (χ0) is 12.5. The minimum absolute atomic E-state index is 0.564. The summed E-state index contributed by atoms with van der Waals surface area (Å²) in [5.41, 5.74) is 1.61. The fourth-order valence-electron chi connectivity index (χ4n) is 1.97. The first-order valence-corrected chi connectivity index (χ1v) is 6.45. The molecule has 0 saturated carbocycles. The number of hydrogen-bond donors (Lipinski definition) is 1. The van der Waals surface area contributed by atoms with Gasteiger partial charge in [0.1, 0.15) is 17.4 Å². The summed E-state index contributed by atoms with van der Waals surface area (Å²) >= 11 is 3.42. The van der Waals surface area contributed by atoms with Gasteiger partial charge in [-0.2, -0.15) is 0 Å². The second-order valence-electron chi connectivity index (χ2n) is 4.14. The second-order valence-corrected chi connectivity index (χ2v) is 5.06. The molecule has 0 radical (unpaired) electrons. The Balaban J connectivity index is 2.04. The maximum absolute atomic E-state index is 10.3. The molecule has 3 heteroatoms. The normalized spacial score (nSPS) is 12.8. The summed E-state index contributed by atoms with van der Waals surface area (Å²) in [7, 11) is 0. The van der Waals surface area contributed by atoms with Gasteiger partial charge in [-0.1, -0.05) is 46.3 Å². The summed E-state index contributed by atoms with van der Waals surface area (Å²) in [6, 6.07) is 17.1. The summed E-state index contributed by atoms with van der Waals surface area (Å²) in [6.07, 6.45) is -0.725. The van der Waals surface area contributed by atoms with Crippen molar-refractivity contribution in [1.82, 2.24) is 0 Å². The third-order valence-corrected chi connectivity index (χ3v) is 3.38. The zero-order valence-electron chi connectivity index (χ0n) is 9.51. The van der Waals surface area contributed by atoms with Gasteiger partial charge in [-0.3, -0.25) is 0 Å². The van der Waals surface area contributed by atoms with Crippen molar-refractivity contribution in [2.45, 2.75) is 6.10 Å². The Labute approximate surface area is 113 Å². The van der Waals surface area contributed by atoms with E-state index < -0.39 is 6.10 Å². The van der Waals surface area contributed by atoms with Crippen LogP contribution in [0.4, 0.5) is 0 Å². The number of furan rings is 1. The molecule has 0 spiro atoms. The van der Waals surface area contributed by atoms with E-state index in [0.29, 0.717) is 5.76 Å². The van der Waals surface area contributed by atoms with E-state index in [1.807, 2.05) is 54.6 Å². The van der Waals surface area contributed by atoms with Crippen LogP contribution >= 0.6 is 15.9 Å². The van der Waals surface area contributed by atoms with Crippen LogP contribution in [0, 0.1) is 0 Å². The van der Waals surface area contributed by atoms with Gasteiger partial charge in [0.25, 0.3) is 0 Å². The third kappa shape index (κ3) is 2.07. The number of rotatable bonds is 2. The molecule has 0 amide bonds. The molecule has 1 heterocycles. The molecule has 18 heavy (non-hydrogen) atoms. The standard InChI is InChI=1S/C15H11BrO2/c16-12-6-7-13-11(8-12)9-14(18-13)15(17)10-4-2-1-3-5-10/h1-9,15,17H/t15-/m1/s1. The van der Waals surface area contributed by atoms with Gasteiger partial charge in [0.15, 0.2) is 0 Å². The summed E-state index contributed by atoms with van der Waals surface area (Å²) in [4.78, 5) is 0. The van der Waals surface area contributed by atoms with Crippen LogP contribution in [0.1, 0.15) is 17.4 Å². The van der Waals surface area contributed by atoms with Gasteiger partial charge in [0.2, 0.25) is 0 Å². The van der Waals surface area contributed by atoms with E-state index in [1.165, 1.54) is 0 Å². The van der Waals surface area contributed by atoms with Crippen LogP contribution in [-0.4, -0.2) is 5.11 Å². The maximum atomic E-state index is 10.3. The quantitative estimate of drug-likeness (QED) is 0.766. The van der Waals surface area contributed by atoms with Crippen LogP contribution in [0.15, 0.2) is 63.5 Å². The number of aliphatic hydroxyl groups is 1. The molecule has 1 aromatic heterocycles. The Bertz CT molecular complexity index is 673. The first-order chi connectivity index (χ1) is 8.74. The Morgan fingerprint density at radius 2 is 1.78 bits per heavy atom. The summed E-state index contributed by atoms with van der Waals surface area (Å²) < 4.78 is 6.67. The fraction of sp³-hybridized carbons (Fsp3) is 0.0667. The van der Waals surface area contributed by atoms with E-state index in [9.17, 15) is 5.11 Å². The highest BCUT2D eigenvalue weighted by Gasteiger charge is 2.15. The van der Waals surface area contributed by atoms with E-state index in [2.05, 4.69) is 15.9 Å². The molecule has 0 aliphatic heterocycles. The number of fused-ring (bicyclic) bond motifs is 1. The smallest absolute Gasteiger partial charge is 0.138 e. The van der Waals surface area contributed by atoms with Crippen molar-refractivity contribution in [3.05, 3.63) is 70.4 Å².